The summed E-state index contributed by atoms with van der Waals surface area (Å²) in [5.41, 5.74) is 0.946. The number of ether oxygens (including phenoxy) is 4. The molecule has 0 N–H and O–H groups in total. The van der Waals surface area contributed by atoms with Gasteiger partial charge in [-0.1, -0.05) is 6.07 Å². The third kappa shape index (κ3) is 2.13. The van der Waals surface area contributed by atoms with Gasteiger partial charge in [0.15, 0.2) is 17.8 Å². The van der Waals surface area contributed by atoms with E-state index in [1.165, 1.54) is 0 Å². The van der Waals surface area contributed by atoms with Crippen LogP contribution in [0.1, 0.15) is 18.8 Å². The molecule has 0 amide bonds. The smallest absolute Gasteiger partial charge is 0.184 e. The van der Waals surface area contributed by atoms with Crippen LogP contribution in [0, 0.1) is 0 Å². The fraction of sp³-hybridized carbons (Fsp3) is 0.500. The molecule has 1 fully saturated rings. The van der Waals surface area contributed by atoms with Crippen molar-refractivity contribution >= 4 is 0 Å². The second-order valence-electron chi connectivity index (χ2n) is 3.73. The van der Waals surface area contributed by atoms with Gasteiger partial charge in [-0.2, -0.15) is 0 Å². The fourth-order valence-electron chi connectivity index (χ4n) is 1.69. The Morgan fingerprint density at radius 2 is 1.94 bits per heavy atom. The zero-order valence-electron chi connectivity index (χ0n) is 9.73. The highest BCUT2D eigenvalue weighted by atomic mass is 16.7. The summed E-state index contributed by atoms with van der Waals surface area (Å²) >= 11 is 0. The van der Waals surface area contributed by atoms with E-state index in [0.717, 1.165) is 5.56 Å². The van der Waals surface area contributed by atoms with Gasteiger partial charge in [0.25, 0.3) is 0 Å². The molecule has 1 saturated heterocycles. The molecule has 0 radical (unpaired) electrons. The number of benzene rings is 1. The van der Waals surface area contributed by atoms with Crippen LogP contribution in [0.15, 0.2) is 18.2 Å². The fourth-order valence-corrected chi connectivity index (χ4v) is 1.69. The molecule has 0 aromatic heterocycles. The molecule has 1 heterocycles. The van der Waals surface area contributed by atoms with Crippen molar-refractivity contribution in [3.05, 3.63) is 23.8 Å². The minimum absolute atomic E-state index is 0.137. The van der Waals surface area contributed by atoms with Crippen molar-refractivity contribution in [1.82, 2.24) is 0 Å². The van der Waals surface area contributed by atoms with Crippen molar-refractivity contribution in [2.24, 2.45) is 0 Å². The van der Waals surface area contributed by atoms with Crippen LogP contribution in [0.5, 0.6) is 11.5 Å². The minimum Gasteiger partial charge on any atom is -0.493 e. The van der Waals surface area contributed by atoms with E-state index in [2.05, 4.69) is 0 Å². The molecule has 16 heavy (non-hydrogen) atoms. The standard InChI is InChI=1S/C12H16O4/c1-8-7-15-12(16-8)9-4-5-10(13-2)11(6-9)14-3/h4-6,8,12H,7H2,1-3H3/t8-,12-/m0/s1. The molecule has 1 aliphatic heterocycles. The van der Waals surface area contributed by atoms with Gasteiger partial charge in [-0.3, -0.25) is 0 Å². The Balaban J connectivity index is 2.22. The van der Waals surface area contributed by atoms with Crippen molar-refractivity contribution in [3.8, 4) is 11.5 Å². The van der Waals surface area contributed by atoms with E-state index in [1.54, 1.807) is 14.2 Å². The third-order valence-corrected chi connectivity index (χ3v) is 2.52. The molecule has 0 unspecified atom stereocenters. The van der Waals surface area contributed by atoms with E-state index in [4.69, 9.17) is 18.9 Å². The quantitative estimate of drug-likeness (QED) is 0.788. The van der Waals surface area contributed by atoms with Gasteiger partial charge in [-0.15, -0.1) is 0 Å². The van der Waals surface area contributed by atoms with Crippen LogP contribution in [0.4, 0.5) is 0 Å². The lowest BCUT2D eigenvalue weighted by molar-refractivity contribution is -0.0573. The number of hydrogen-bond acceptors (Lipinski definition) is 4. The van der Waals surface area contributed by atoms with Crippen molar-refractivity contribution in [1.29, 1.82) is 0 Å². The van der Waals surface area contributed by atoms with Gasteiger partial charge in [0.1, 0.15) is 0 Å². The molecule has 0 saturated carbocycles. The molecule has 1 aromatic rings. The number of methoxy groups -OCH3 is 2. The summed E-state index contributed by atoms with van der Waals surface area (Å²) in [6, 6.07) is 5.65. The molecular weight excluding hydrogens is 208 g/mol. The van der Waals surface area contributed by atoms with Crippen LogP contribution < -0.4 is 9.47 Å². The minimum atomic E-state index is -0.296. The van der Waals surface area contributed by atoms with Gasteiger partial charge >= 0.3 is 0 Å². The monoisotopic (exact) mass is 224 g/mol. The second-order valence-corrected chi connectivity index (χ2v) is 3.73. The molecule has 0 aliphatic carbocycles. The Morgan fingerprint density at radius 3 is 2.50 bits per heavy atom. The first kappa shape index (κ1) is 11.2. The van der Waals surface area contributed by atoms with Crippen molar-refractivity contribution < 1.29 is 18.9 Å². The van der Waals surface area contributed by atoms with E-state index in [0.29, 0.717) is 18.1 Å². The van der Waals surface area contributed by atoms with E-state index >= 15 is 0 Å². The first-order valence-electron chi connectivity index (χ1n) is 5.23. The molecule has 1 aromatic carbocycles. The Labute approximate surface area is 95.1 Å². The average molecular weight is 224 g/mol. The van der Waals surface area contributed by atoms with Crippen LogP contribution in [0.2, 0.25) is 0 Å². The van der Waals surface area contributed by atoms with Crippen LogP contribution >= 0.6 is 0 Å². The first-order valence-corrected chi connectivity index (χ1v) is 5.23. The summed E-state index contributed by atoms with van der Waals surface area (Å²) in [5, 5.41) is 0. The van der Waals surface area contributed by atoms with Crippen LogP contribution in [-0.4, -0.2) is 26.9 Å². The van der Waals surface area contributed by atoms with Crippen LogP contribution in [0.3, 0.4) is 0 Å². The predicted molar refractivity (Wildman–Crippen MR) is 58.8 cm³/mol. The van der Waals surface area contributed by atoms with E-state index in [-0.39, 0.29) is 12.4 Å². The lowest BCUT2D eigenvalue weighted by atomic mass is 10.2. The Hall–Kier alpha value is -1.26. The highest BCUT2D eigenvalue weighted by Gasteiger charge is 2.24. The van der Waals surface area contributed by atoms with Crippen molar-refractivity contribution in [3.63, 3.8) is 0 Å². The number of rotatable bonds is 3. The SMILES string of the molecule is COc1ccc([C@H]2OC[C@H](C)O2)cc1OC. The zero-order valence-corrected chi connectivity index (χ0v) is 9.73. The molecule has 88 valence electrons. The largest absolute Gasteiger partial charge is 0.493 e. The summed E-state index contributed by atoms with van der Waals surface area (Å²) in [4.78, 5) is 0. The lowest BCUT2D eigenvalue weighted by Gasteiger charge is -2.13. The van der Waals surface area contributed by atoms with Gasteiger partial charge in [0.05, 0.1) is 26.9 Å². The average Bonchev–Trinajstić information content (AvgIpc) is 2.75. The maximum absolute atomic E-state index is 5.60. The lowest BCUT2D eigenvalue weighted by Crippen LogP contribution is -2.03. The maximum Gasteiger partial charge on any atom is 0.184 e. The van der Waals surface area contributed by atoms with Gasteiger partial charge in [-0.25, -0.2) is 0 Å². The van der Waals surface area contributed by atoms with Gasteiger partial charge in [-0.05, 0) is 19.1 Å². The normalized spacial score (nSPS) is 24.4. The molecule has 2 atom stereocenters. The Morgan fingerprint density at radius 1 is 1.19 bits per heavy atom. The highest BCUT2D eigenvalue weighted by molar-refractivity contribution is 5.43. The second kappa shape index (κ2) is 4.72. The van der Waals surface area contributed by atoms with Crippen molar-refractivity contribution in [2.45, 2.75) is 19.3 Å². The van der Waals surface area contributed by atoms with Gasteiger partial charge < -0.3 is 18.9 Å². The maximum atomic E-state index is 5.60. The predicted octanol–water partition coefficient (Wildman–Crippen LogP) is 2.14. The molecule has 0 spiro atoms. The summed E-state index contributed by atoms with van der Waals surface area (Å²) < 4.78 is 21.5. The van der Waals surface area contributed by atoms with Crippen LogP contribution in [0.25, 0.3) is 0 Å². The van der Waals surface area contributed by atoms with E-state index in [9.17, 15) is 0 Å². The summed E-state index contributed by atoms with van der Waals surface area (Å²) in [7, 11) is 3.22. The van der Waals surface area contributed by atoms with Gasteiger partial charge in [0.2, 0.25) is 0 Å². The highest BCUT2D eigenvalue weighted by Crippen LogP contribution is 2.33. The Kier molecular flexibility index (Phi) is 3.31. The first-order chi connectivity index (χ1) is 7.74. The van der Waals surface area contributed by atoms with Crippen LogP contribution in [-0.2, 0) is 9.47 Å². The number of hydrogen-bond donors (Lipinski definition) is 0. The third-order valence-electron chi connectivity index (χ3n) is 2.52. The molecule has 2 rings (SSSR count). The van der Waals surface area contributed by atoms with E-state index < -0.39 is 0 Å². The van der Waals surface area contributed by atoms with Gasteiger partial charge in [0, 0.05) is 5.56 Å². The molecule has 1 aliphatic rings. The molecule has 0 bridgehead atoms. The van der Waals surface area contributed by atoms with Crippen molar-refractivity contribution in [2.75, 3.05) is 20.8 Å². The molecule has 4 nitrogen and oxygen atoms in total. The zero-order chi connectivity index (χ0) is 11.5. The summed E-state index contributed by atoms with van der Waals surface area (Å²) in [5.74, 6) is 1.39. The Bertz CT molecular complexity index is 364. The summed E-state index contributed by atoms with van der Waals surface area (Å²) in [6.45, 7) is 2.61. The topological polar surface area (TPSA) is 36.9 Å². The summed E-state index contributed by atoms with van der Waals surface area (Å²) in [6.07, 6.45) is -0.159. The molecule has 4 heteroatoms. The molecular formula is C12H16O4. The van der Waals surface area contributed by atoms with E-state index in [1.807, 2.05) is 25.1 Å².